The highest BCUT2D eigenvalue weighted by molar-refractivity contribution is 7.07. The van der Waals surface area contributed by atoms with Crippen molar-refractivity contribution in [1.29, 1.82) is 0 Å². The van der Waals surface area contributed by atoms with E-state index in [4.69, 9.17) is 9.47 Å². The van der Waals surface area contributed by atoms with Crippen molar-refractivity contribution in [2.75, 3.05) is 13.1 Å². The Hall–Kier alpha value is -2.77. The predicted molar refractivity (Wildman–Crippen MR) is 116 cm³/mol. The second-order valence-electron chi connectivity index (χ2n) is 7.69. The van der Waals surface area contributed by atoms with Crippen molar-refractivity contribution in [3.63, 3.8) is 0 Å². The average molecular weight is 424 g/mol. The molecule has 1 fully saturated rings. The summed E-state index contributed by atoms with van der Waals surface area (Å²) >= 11 is 1.22. The highest BCUT2D eigenvalue weighted by Crippen LogP contribution is 2.28. The summed E-state index contributed by atoms with van der Waals surface area (Å²) in [5.74, 6) is 1.34. The molecule has 1 amide bonds. The summed E-state index contributed by atoms with van der Waals surface area (Å²) < 4.78 is 16.1. The van der Waals surface area contributed by atoms with Crippen molar-refractivity contribution in [1.82, 2.24) is 14.3 Å². The van der Waals surface area contributed by atoms with Crippen LogP contribution in [0.5, 0.6) is 10.9 Å². The van der Waals surface area contributed by atoms with Crippen LogP contribution in [0.2, 0.25) is 0 Å². The molecular weight excluding hydrogens is 398 g/mol. The predicted octanol–water partition coefficient (Wildman–Crippen LogP) is 4.48. The molecule has 0 saturated carbocycles. The van der Waals surface area contributed by atoms with Gasteiger partial charge in [-0.1, -0.05) is 36.4 Å². The molecule has 2 unspecified atom stereocenters. The lowest BCUT2D eigenvalue weighted by Crippen LogP contribution is -2.48. The molecule has 0 spiro atoms. The fourth-order valence-electron chi connectivity index (χ4n) is 3.59. The molecular formula is C23H25N3O3S. The van der Waals surface area contributed by atoms with E-state index in [1.54, 1.807) is 6.07 Å². The highest BCUT2D eigenvalue weighted by atomic mass is 32.1. The van der Waals surface area contributed by atoms with Crippen LogP contribution in [-0.4, -0.2) is 45.5 Å². The van der Waals surface area contributed by atoms with Gasteiger partial charge in [-0.25, -0.2) is 0 Å². The maximum Gasteiger partial charge on any atom is 0.298 e. The molecule has 1 aliphatic heterocycles. The van der Waals surface area contributed by atoms with E-state index in [-0.39, 0.29) is 18.1 Å². The molecule has 7 heteroatoms. The van der Waals surface area contributed by atoms with Gasteiger partial charge < -0.3 is 14.4 Å². The third kappa shape index (κ3) is 4.86. The molecule has 2 atom stereocenters. The highest BCUT2D eigenvalue weighted by Gasteiger charge is 2.27. The SMILES string of the molecule is Cc1ccc(C(=O)N2CC(C)OC(C)C2)cc1Oc1nc(Cc2ccccc2)ns1. The van der Waals surface area contributed by atoms with Crippen LogP contribution in [-0.2, 0) is 11.2 Å². The Morgan fingerprint density at radius 3 is 2.63 bits per heavy atom. The van der Waals surface area contributed by atoms with Crippen molar-refractivity contribution < 1.29 is 14.3 Å². The van der Waals surface area contributed by atoms with Gasteiger partial charge in [0.2, 0.25) is 0 Å². The van der Waals surface area contributed by atoms with Gasteiger partial charge in [-0.15, -0.1) is 0 Å². The standard InChI is InChI=1S/C23H25N3O3S/c1-15-9-10-19(22(27)26-13-16(2)28-17(3)14-26)12-20(15)29-23-24-21(25-30-23)11-18-7-5-4-6-8-18/h4-10,12,16-17H,11,13-14H2,1-3H3. The van der Waals surface area contributed by atoms with Crippen molar-refractivity contribution in [3.8, 4) is 10.9 Å². The summed E-state index contributed by atoms with van der Waals surface area (Å²) in [6, 6.07) is 15.6. The number of hydrogen-bond donors (Lipinski definition) is 0. The van der Waals surface area contributed by atoms with Gasteiger partial charge in [-0.3, -0.25) is 4.79 Å². The Bertz CT molecular complexity index is 1010. The molecule has 0 N–H and O–H groups in total. The lowest BCUT2D eigenvalue weighted by atomic mass is 10.1. The minimum Gasteiger partial charge on any atom is -0.430 e. The largest absolute Gasteiger partial charge is 0.430 e. The van der Waals surface area contributed by atoms with Gasteiger partial charge in [-0.05, 0) is 44.0 Å². The Morgan fingerprint density at radius 1 is 1.17 bits per heavy atom. The molecule has 4 rings (SSSR count). The fraction of sp³-hybridized carbons (Fsp3) is 0.348. The number of carbonyl (C=O) groups is 1. The first-order chi connectivity index (χ1) is 14.5. The number of nitrogens with zero attached hydrogens (tertiary/aromatic N) is 3. The number of morpholine rings is 1. The van der Waals surface area contributed by atoms with Gasteiger partial charge in [0.1, 0.15) is 5.75 Å². The van der Waals surface area contributed by atoms with Gasteiger partial charge in [-0.2, -0.15) is 9.36 Å². The first-order valence-electron chi connectivity index (χ1n) is 10.1. The lowest BCUT2D eigenvalue weighted by Gasteiger charge is -2.35. The Morgan fingerprint density at radius 2 is 1.90 bits per heavy atom. The minimum absolute atomic E-state index is 0.0103. The first kappa shape index (κ1) is 20.5. The van der Waals surface area contributed by atoms with Gasteiger partial charge in [0.15, 0.2) is 5.82 Å². The molecule has 1 aromatic heterocycles. The second-order valence-corrected chi connectivity index (χ2v) is 8.40. The molecule has 6 nitrogen and oxygen atoms in total. The molecule has 3 aromatic rings. The smallest absolute Gasteiger partial charge is 0.298 e. The second kappa shape index (κ2) is 8.93. The molecule has 30 heavy (non-hydrogen) atoms. The van der Waals surface area contributed by atoms with Crippen LogP contribution in [0.15, 0.2) is 48.5 Å². The number of ether oxygens (including phenoxy) is 2. The summed E-state index contributed by atoms with van der Waals surface area (Å²) in [5.41, 5.74) is 2.69. The molecule has 156 valence electrons. The molecule has 2 heterocycles. The monoisotopic (exact) mass is 423 g/mol. The number of aryl methyl sites for hydroxylation is 1. The maximum atomic E-state index is 13.0. The molecule has 1 saturated heterocycles. The molecule has 0 bridgehead atoms. The van der Waals surface area contributed by atoms with Crippen LogP contribution in [0.1, 0.15) is 41.2 Å². The topological polar surface area (TPSA) is 64.6 Å². The minimum atomic E-state index is -0.0103. The Labute approximate surface area is 180 Å². The van der Waals surface area contributed by atoms with Crippen LogP contribution in [0.3, 0.4) is 0 Å². The summed E-state index contributed by atoms with van der Waals surface area (Å²) in [5, 5.41) is 0.474. The fourth-order valence-corrected chi connectivity index (χ4v) is 4.16. The number of hydrogen-bond acceptors (Lipinski definition) is 6. The van der Waals surface area contributed by atoms with Crippen LogP contribution in [0, 0.1) is 6.92 Å². The quantitative estimate of drug-likeness (QED) is 0.605. The van der Waals surface area contributed by atoms with Crippen LogP contribution >= 0.6 is 11.5 Å². The van der Waals surface area contributed by atoms with E-state index < -0.39 is 0 Å². The van der Waals surface area contributed by atoms with Crippen LogP contribution in [0.25, 0.3) is 0 Å². The van der Waals surface area contributed by atoms with Crippen molar-refractivity contribution in [3.05, 3.63) is 71.0 Å². The van der Waals surface area contributed by atoms with E-state index >= 15 is 0 Å². The zero-order valence-corrected chi connectivity index (χ0v) is 18.2. The zero-order chi connectivity index (χ0) is 21.1. The van der Waals surface area contributed by atoms with Crippen molar-refractivity contribution in [2.45, 2.75) is 39.4 Å². The van der Waals surface area contributed by atoms with Crippen LogP contribution in [0.4, 0.5) is 0 Å². The van der Waals surface area contributed by atoms with Crippen LogP contribution < -0.4 is 4.74 Å². The number of rotatable bonds is 5. The van der Waals surface area contributed by atoms with Gasteiger partial charge in [0.25, 0.3) is 11.1 Å². The van der Waals surface area contributed by atoms with E-state index in [9.17, 15) is 4.79 Å². The number of aromatic nitrogens is 2. The average Bonchev–Trinajstić information content (AvgIpc) is 3.16. The van der Waals surface area contributed by atoms with E-state index in [0.29, 0.717) is 36.0 Å². The summed E-state index contributed by atoms with van der Waals surface area (Å²) in [6.07, 6.45) is 0.720. The number of benzene rings is 2. The van der Waals surface area contributed by atoms with E-state index in [1.807, 2.05) is 68.1 Å². The molecule has 2 aromatic carbocycles. The van der Waals surface area contributed by atoms with Gasteiger partial charge in [0.05, 0.1) is 12.2 Å². The first-order valence-corrected chi connectivity index (χ1v) is 10.8. The van der Waals surface area contributed by atoms with E-state index in [0.717, 1.165) is 17.0 Å². The normalized spacial score (nSPS) is 19.0. The lowest BCUT2D eigenvalue weighted by molar-refractivity contribution is -0.0586. The van der Waals surface area contributed by atoms with E-state index in [2.05, 4.69) is 9.36 Å². The number of carbonyl (C=O) groups excluding carboxylic acids is 1. The molecule has 1 aliphatic rings. The number of amides is 1. The van der Waals surface area contributed by atoms with E-state index in [1.165, 1.54) is 11.5 Å². The summed E-state index contributed by atoms with van der Waals surface area (Å²) in [7, 11) is 0. The van der Waals surface area contributed by atoms with Crippen molar-refractivity contribution >= 4 is 17.4 Å². The molecule has 0 aliphatic carbocycles. The van der Waals surface area contributed by atoms with Crippen molar-refractivity contribution in [2.24, 2.45) is 0 Å². The zero-order valence-electron chi connectivity index (χ0n) is 17.4. The van der Waals surface area contributed by atoms with Gasteiger partial charge >= 0.3 is 0 Å². The maximum absolute atomic E-state index is 13.0. The summed E-state index contributed by atoms with van der Waals surface area (Å²) in [6.45, 7) is 7.11. The third-order valence-corrected chi connectivity index (χ3v) is 5.63. The summed E-state index contributed by atoms with van der Waals surface area (Å²) in [4.78, 5) is 19.3. The Kier molecular flexibility index (Phi) is 6.11. The molecule has 0 radical (unpaired) electrons. The third-order valence-electron chi connectivity index (χ3n) is 4.99. The Balaban J connectivity index is 1.48. The van der Waals surface area contributed by atoms with Gasteiger partial charge in [0, 0.05) is 36.6 Å².